The van der Waals surface area contributed by atoms with E-state index in [1.165, 1.54) is 12.4 Å². The number of benzene rings is 1. The second-order valence-electron chi connectivity index (χ2n) is 4.66. The summed E-state index contributed by atoms with van der Waals surface area (Å²) in [4.78, 5) is 16.1. The Morgan fingerprint density at radius 1 is 1.33 bits per heavy atom. The molecule has 108 valence electrons. The third-order valence-electron chi connectivity index (χ3n) is 3.26. The molecule has 0 spiro atoms. The summed E-state index contributed by atoms with van der Waals surface area (Å²) in [7, 11) is 0. The van der Waals surface area contributed by atoms with Crippen molar-refractivity contribution >= 4 is 17.5 Å². The van der Waals surface area contributed by atoms with Crippen LogP contribution in [0.25, 0.3) is 0 Å². The number of fused-ring (bicyclic) bond motifs is 1. The number of carbonyl (C=O) groups excluding carboxylic acids is 1. The zero-order valence-corrected chi connectivity index (χ0v) is 12.1. The van der Waals surface area contributed by atoms with Crippen LogP contribution in [0, 0.1) is 0 Å². The van der Waals surface area contributed by atoms with Crippen molar-refractivity contribution in [1.82, 2.24) is 10.3 Å². The van der Waals surface area contributed by atoms with Crippen molar-refractivity contribution in [3.63, 3.8) is 0 Å². The van der Waals surface area contributed by atoms with E-state index >= 15 is 0 Å². The number of halogens is 1. The standard InChI is InChI=1S/C15H13ClN2O3/c1-9(10-2-3-13-14(6-10)21-8-20-13)18-15(19)11-4-5-17-7-12(11)16/h2-7,9H,8H2,1H3,(H,18,19). The molecular formula is C15H13ClN2O3. The molecule has 1 aliphatic heterocycles. The van der Waals surface area contributed by atoms with Gasteiger partial charge in [-0.2, -0.15) is 0 Å². The SMILES string of the molecule is CC(NC(=O)c1ccncc1Cl)c1ccc2c(c1)OCO2. The predicted octanol–water partition coefficient (Wildman–Crippen LogP) is 2.95. The van der Waals surface area contributed by atoms with E-state index in [-0.39, 0.29) is 18.7 Å². The van der Waals surface area contributed by atoms with Crippen LogP contribution >= 0.6 is 11.6 Å². The number of nitrogens with zero attached hydrogens (tertiary/aromatic N) is 1. The fourth-order valence-electron chi connectivity index (χ4n) is 2.10. The molecule has 1 atom stereocenters. The molecule has 0 saturated carbocycles. The molecule has 2 aromatic rings. The van der Waals surface area contributed by atoms with Crippen LogP contribution in [0.1, 0.15) is 28.9 Å². The van der Waals surface area contributed by atoms with Crippen molar-refractivity contribution in [2.45, 2.75) is 13.0 Å². The first-order chi connectivity index (χ1) is 10.1. The lowest BCUT2D eigenvalue weighted by Gasteiger charge is -2.15. The van der Waals surface area contributed by atoms with Crippen molar-refractivity contribution in [2.24, 2.45) is 0 Å². The van der Waals surface area contributed by atoms with Crippen molar-refractivity contribution in [2.75, 3.05) is 6.79 Å². The highest BCUT2D eigenvalue weighted by Crippen LogP contribution is 2.34. The van der Waals surface area contributed by atoms with Crippen LogP contribution in [0.15, 0.2) is 36.7 Å². The molecule has 1 unspecified atom stereocenters. The number of carbonyl (C=O) groups is 1. The van der Waals surface area contributed by atoms with Crippen LogP contribution in [0.5, 0.6) is 11.5 Å². The highest BCUT2D eigenvalue weighted by atomic mass is 35.5. The molecule has 1 N–H and O–H groups in total. The number of hydrogen-bond acceptors (Lipinski definition) is 4. The maximum Gasteiger partial charge on any atom is 0.253 e. The van der Waals surface area contributed by atoms with Gasteiger partial charge in [0.2, 0.25) is 6.79 Å². The smallest absolute Gasteiger partial charge is 0.253 e. The second kappa shape index (κ2) is 5.61. The molecule has 0 aliphatic carbocycles. The summed E-state index contributed by atoms with van der Waals surface area (Å²) in [6.45, 7) is 2.12. The predicted molar refractivity (Wildman–Crippen MR) is 77.7 cm³/mol. The third kappa shape index (κ3) is 2.78. The van der Waals surface area contributed by atoms with E-state index in [1.807, 2.05) is 25.1 Å². The van der Waals surface area contributed by atoms with Crippen LogP contribution in [0.2, 0.25) is 5.02 Å². The van der Waals surface area contributed by atoms with E-state index < -0.39 is 0 Å². The Morgan fingerprint density at radius 3 is 2.95 bits per heavy atom. The van der Waals surface area contributed by atoms with Gasteiger partial charge in [-0.25, -0.2) is 0 Å². The molecular weight excluding hydrogens is 292 g/mol. The summed E-state index contributed by atoms with van der Waals surface area (Å²) in [5.74, 6) is 1.16. The average molecular weight is 305 g/mol. The summed E-state index contributed by atoms with van der Waals surface area (Å²) in [6, 6.07) is 6.99. The Hall–Kier alpha value is -2.27. The van der Waals surface area contributed by atoms with Gasteiger partial charge in [-0.05, 0) is 30.7 Å². The molecule has 1 aromatic carbocycles. The molecule has 0 bridgehead atoms. The van der Waals surface area contributed by atoms with E-state index in [4.69, 9.17) is 21.1 Å². The monoisotopic (exact) mass is 304 g/mol. The number of pyridine rings is 1. The number of aromatic nitrogens is 1. The number of ether oxygens (including phenoxy) is 2. The Labute approximate surface area is 126 Å². The van der Waals surface area contributed by atoms with Crippen molar-refractivity contribution in [3.8, 4) is 11.5 Å². The fraction of sp³-hybridized carbons (Fsp3) is 0.200. The topological polar surface area (TPSA) is 60.5 Å². The number of amides is 1. The van der Waals surface area contributed by atoms with Gasteiger partial charge in [0.05, 0.1) is 16.6 Å². The zero-order chi connectivity index (χ0) is 14.8. The number of nitrogens with one attached hydrogen (secondary N) is 1. The summed E-state index contributed by atoms with van der Waals surface area (Å²) in [5.41, 5.74) is 1.33. The van der Waals surface area contributed by atoms with E-state index in [0.29, 0.717) is 16.3 Å². The van der Waals surface area contributed by atoms with Gasteiger partial charge in [-0.1, -0.05) is 17.7 Å². The average Bonchev–Trinajstić information content (AvgIpc) is 2.94. The Bertz CT molecular complexity index is 690. The maximum absolute atomic E-state index is 12.2. The van der Waals surface area contributed by atoms with Crippen molar-refractivity contribution in [1.29, 1.82) is 0 Å². The number of rotatable bonds is 3. The first-order valence-electron chi connectivity index (χ1n) is 6.45. The summed E-state index contributed by atoms with van der Waals surface area (Å²) in [6.07, 6.45) is 2.98. The number of hydrogen-bond donors (Lipinski definition) is 1. The summed E-state index contributed by atoms with van der Waals surface area (Å²) in [5, 5.41) is 3.22. The first kappa shape index (κ1) is 13.7. The molecule has 1 aliphatic rings. The third-order valence-corrected chi connectivity index (χ3v) is 3.56. The first-order valence-corrected chi connectivity index (χ1v) is 6.83. The Kier molecular flexibility index (Phi) is 3.66. The maximum atomic E-state index is 12.2. The van der Waals surface area contributed by atoms with Gasteiger partial charge < -0.3 is 14.8 Å². The molecule has 2 heterocycles. The molecule has 1 aromatic heterocycles. The molecule has 21 heavy (non-hydrogen) atoms. The quantitative estimate of drug-likeness (QED) is 0.947. The van der Waals surface area contributed by atoms with Gasteiger partial charge in [-0.15, -0.1) is 0 Å². The highest BCUT2D eigenvalue weighted by Gasteiger charge is 2.18. The Balaban J connectivity index is 1.76. The lowest BCUT2D eigenvalue weighted by Crippen LogP contribution is -2.26. The van der Waals surface area contributed by atoms with E-state index in [1.54, 1.807) is 6.07 Å². The van der Waals surface area contributed by atoms with Crippen LogP contribution in [0.3, 0.4) is 0 Å². The molecule has 0 fully saturated rings. The second-order valence-corrected chi connectivity index (χ2v) is 5.07. The van der Waals surface area contributed by atoms with Gasteiger partial charge in [0.15, 0.2) is 11.5 Å². The lowest BCUT2D eigenvalue weighted by molar-refractivity contribution is 0.0940. The lowest BCUT2D eigenvalue weighted by atomic mass is 10.1. The molecule has 0 saturated heterocycles. The van der Waals surface area contributed by atoms with Crippen LogP contribution in [-0.4, -0.2) is 17.7 Å². The summed E-state index contributed by atoms with van der Waals surface area (Å²) < 4.78 is 10.6. The normalized spacial score (nSPS) is 13.8. The van der Waals surface area contributed by atoms with Gasteiger partial charge in [0, 0.05) is 12.4 Å². The van der Waals surface area contributed by atoms with Gasteiger partial charge in [0.1, 0.15) is 0 Å². The van der Waals surface area contributed by atoms with Crippen LogP contribution in [-0.2, 0) is 0 Å². The van der Waals surface area contributed by atoms with Crippen LogP contribution in [0.4, 0.5) is 0 Å². The van der Waals surface area contributed by atoms with Crippen molar-refractivity contribution in [3.05, 3.63) is 52.8 Å². The minimum atomic E-state index is -0.243. The molecule has 0 radical (unpaired) electrons. The van der Waals surface area contributed by atoms with E-state index in [2.05, 4.69) is 10.3 Å². The van der Waals surface area contributed by atoms with Gasteiger partial charge in [0.25, 0.3) is 5.91 Å². The minimum Gasteiger partial charge on any atom is -0.454 e. The summed E-state index contributed by atoms with van der Waals surface area (Å²) >= 11 is 5.97. The molecule has 5 nitrogen and oxygen atoms in total. The molecule has 1 amide bonds. The molecule has 3 rings (SSSR count). The van der Waals surface area contributed by atoms with Gasteiger partial charge in [-0.3, -0.25) is 9.78 Å². The largest absolute Gasteiger partial charge is 0.454 e. The zero-order valence-electron chi connectivity index (χ0n) is 11.3. The van der Waals surface area contributed by atoms with Crippen LogP contribution < -0.4 is 14.8 Å². The highest BCUT2D eigenvalue weighted by molar-refractivity contribution is 6.33. The fourth-order valence-corrected chi connectivity index (χ4v) is 2.30. The minimum absolute atomic E-state index is 0.184. The molecule has 6 heteroatoms. The van der Waals surface area contributed by atoms with Crippen molar-refractivity contribution < 1.29 is 14.3 Å². The van der Waals surface area contributed by atoms with E-state index in [0.717, 1.165) is 11.3 Å². The van der Waals surface area contributed by atoms with Gasteiger partial charge >= 0.3 is 0 Å². The Morgan fingerprint density at radius 2 is 2.14 bits per heavy atom. The van der Waals surface area contributed by atoms with E-state index in [9.17, 15) is 4.79 Å².